The van der Waals surface area contributed by atoms with E-state index in [1.54, 1.807) is 0 Å². The van der Waals surface area contributed by atoms with E-state index >= 15 is 0 Å². The van der Waals surface area contributed by atoms with Gasteiger partial charge in [-0.2, -0.15) is 0 Å². The van der Waals surface area contributed by atoms with Gasteiger partial charge in [0.2, 0.25) is 0 Å². The van der Waals surface area contributed by atoms with Crippen LogP contribution >= 0.6 is 0 Å². The van der Waals surface area contributed by atoms with E-state index in [0.29, 0.717) is 5.92 Å². The first-order valence-corrected chi connectivity index (χ1v) is 5.08. The molecule has 0 spiro atoms. The second-order valence-electron chi connectivity index (χ2n) is 3.70. The van der Waals surface area contributed by atoms with Gasteiger partial charge in [-0.25, -0.2) is 0 Å². The predicted molar refractivity (Wildman–Crippen MR) is 64.1 cm³/mol. The minimum absolute atomic E-state index is 0.564. The number of hydrogen-bond donors (Lipinski definition) is 0. The summed E-state index contributed by atoms with van der Waals surface area (Å²) in [5.74, 6) is 0.564. The third kappa shape index (κ3) is 3.21. The topological polar surface area (TPSA) is 0 Å². The maximum atomic E-state index is 3.78. The van der Waals surface area contributed by atoms with Gasteiger partial charge in [-0.05, 0) is 30.4 Å². The highest BCUT2D eigenvalue weighted by Crippen LogP contribution is 2.15. The molecule has 1 aromatic carbocycles. The van der Waals surface area contributed by atoms with Crippen LogP contribution in [-0.4, -0.2) is 0 Å². The Labute approximate surface area is 87.0 Å². The summed E-state index contributed by atoms with van der Waals surface area (Å²) in [5, 5.41) is 0. The molecule has 1 unspecified atom stereocenters. The van der Waals surface area contributed by atoms with Gasteiger partial charge in [-0.1, -0.05) is 49.4 Å². The van der Waals surface area contributed by atoms with Crippen LogP contribution in [-0.2, 0) is 0 Å². The lowest BCUT2D eigenvalue weighted by atomic mass is 10.0. The fraction of sp³-hybridized carbons (Fsp3) is 0.286. The van der Waals surface area contributed by atoms with Gasteiger partial charge in [0.15, 0.2) is 0 Å². The molecular weight excluding hydrogens is 168 g/mol. The fourth-order valence-electron chi connectivity index (χ4n) is 1.28. The zero-order chi connectivity index (χ0) is 10.4. The minimum Gasteiger partial charge on any atom is -0.103 e. The summed E-state index contributed by atoms with van der Waals surface area (Å²) in [6, 6.07) is 10.5. The van der Waals surface area contributed by atoms with E-state index in [9.17, 15) is 0 Å². The van der Waals surface area contributed by atoms with E-state index < -0.39 is 0 Å². The zero-order valence-corrected chi connectivity index (χ0v) is 9.03. The van der Waals surface area contributed by atoms with Crippen molar-refractivity contribution in [3.8, 4) is 0 Å². The fourth-order valence-corrected chi connectivity index (χ4v) is 1.28. The van der Waals surface area contributed by atoms with E-state index in [1.165, 1.54) is 11.1 Å². The van der Waals surface area contributed by atoms with Crippen LogP contribution in [0.25, 0.3) is 5.57 Å². The van der Waals surface area contributed by atoms with Gasteiger partial charge in [0, 0.05) is 0 Å². The van der Waals surface area contributed by atoms with Gasteiger partial charge in [-0.3, -0.25) is 0 Å². The highest BCUT2D eigenvalue weighted by atomic mass is 14.0. The number of rotatable bonds is 4. The average Bonchev–Trinajstić information content (AvgIpc) is 2.26. The molecule has 1 rings (SSSR count). The highest BCUT2D eigenvalue weighted by Gasteiger charge is 1.95. The third-order valence-corrected chi connectivity index (χ3v) is 2.43. The summed E-state index contributed by atoms with van der Waals surface area (Å²) in [6.45, 7) is 8.12. The largest absolute Gasteiger partial charge is 0.103 e. The van der Waals surface area contributed by atoms with E-state index in [1.807, 2.05) is 12.1 Å². The summed E-state index contributed by atoms with van der Waals surface area (Å²) in [7, 11) is 0. The van der Waals surface area contributed by atoms with Crippen LogP contribution in [0.1, 0.15) is 25.8 Å². The quantitative estimate of drug-likeness (QED) is 0.615. The molecule has 0 heterocycles. The minimum atomic E-state index is 0.564. The van der Waals surface area contributed by atoms with Crippen molar-refractivity contribution in [1.82, 2.24) is 0 Å². The molecule has 0 amide bonds. The SMILES string of the molecule is C=CC(C)C/C=C(/C)c1ccccc1. The van der Waals surface area contributed by atoms with Crippen molar-refractivity contribution in [2.75, 3.05) is 0 Å². The Morgan fingerprint density at radius 2 is 2.00 bits per heavy atom. The third-order valence-electron chi connectivity index (χ3n) is 2.43. The smallest absolute Gasteiger partial charge is 0.0230 e. The van der Waals surface area contributed by atoms with E-state index in [0.717, 1.165) is 6.42 Å². The van der Waals surface area contributed by atoms with Crippen molar-refractivity contribution < 1.29 is 0 Å². The second kappa shape index (κ2) is 5.43. The molecule has 1 aromatic rings. The lowest BCUT2D eigenvalue weighted by molar-refractivity contribution is 0.747. The number of hydrogen-bond acceptors (Lipinski definition) is 0. The number of benzene rings is 1. The van der Waals surface area contributed by atoms with Crippen LogP contribution in [0.4, 0.5) is 0 Å². The Morgan fingerprint density at radius 1 is 1.36 bits per heavy atom. The van der Waals surface area contributed by atoms with Crippen molar-refractivity contribution in [1.29, 1.82) is 0 Å². The Balaban J connectivity index is 2.66. The van der Waals surface area contributed by atoms with Crippen LogP contribution in [0.3, 0.4) is 0 Å². The Kier molecular flexibility index (Phi) is 4.18. The molecule has 0 saturated carbocycles. The molecular formula is C14H18. The molecule has 0 fully saturated rings. The van der Waals surface area contributed by atoms with E-state index in [4.69, 9.17) is 0 Å². The van der Waals surface area contributed by atoms with Gasteiger partial charge >= 0.3 is 0 Å². The first kappa shape index (κ1) is 10.8. The highest BCUT2D eigenvalue weighted by molar-refractivity contribution is 5.63. The van der Waals surface area contributed by atoms with Crippen molar-refractivity contribution in [3.63, 3.8) is 0 Å². The molecule has 1 atom stereocenters. The van der Waals surface area contributed by atoms with Gasteiger partial charge in [0.05, 0.1) is 0 Å². The average molecular weight is 186 g/mol. The van der Waals surface area contributed by atoms with Gasteiger partial charge in [0.1, 0.15) is 0 Å². The Morgan fingerprint density at radius 3 is 2.57 bits per heavy atom. The maximum absolute atomic E-state index is 3.78. The van der Waals surface area contributed by atoms with Crippen LogP contribution in [0.15, 0.2) is 49.1 Å². The summed E-state index contributed by atoms with van der Waals surface area (Å²) in [6.07, 6.45) is 5.35. The molecule has 0 nitrogen and oxygen atoms in total. The van der Waals surface area contributed by atoms with Crippen LogP contribution < -0.4 is 0 Å². The molecule has 0 aliphatic heterocycles. The lowest BCUT2D eigenvalue weighted by Gasteiger charge is -2.03. The second-order valence-corrected chi connectivity index (χ2v) is 3.70. The molecule has 0 N–H and O–H groups in total. The van der Waals surface area contributed by atoms with Crippen molar-refractivity contribution in [2.45, 2.75) is 20.3 Å². The van der Waals surface area contributed by atoms with Crippen LogP contribution in [0.5, 0.6) is 0 Å². The normalized spacial score (nSPS) is 13.7. The monoisotopic (exact) mass is 186 g/mol. The van der Waals surface area contributed by atoms with Gasteiger partial charge in [0.25, 0.3) is 0 Å². The van der Waals surface area contributed by atoms with Crippen molar-refractivity contribution in [3.05, 3.63) is 54.6 Å². The summed E-state index contributed by atoms with van der Waals surface area (Å²) >= 11 is 0. The summed E-state index contributed by atoms with van der Waals surface area (Å²) < 4.78 is 0. The van der Waals surface area contributed by atoms with Crippen LogP contribution in [0, 0.1) is 5.92 Å². The molecule has 0 aromatic heterocycles. The van der Waals surface area contributed by atoms with Gasteiger partial charge in [-0.15, -0.1) is 6.58 Å². The first-order valence-electron chi connectivity index (χ1n) is 5.08. The molecule has 74 valence electrons. The Hall–Kier alpha value is -1.30. The standard InChI is InChI=1S/C14H18/c1-4-12(2)10-11-13(3)14-8-6-5-7-9-14/h4-9,11-12H,1,10H2,2-3H3/b13-11-. The molecule has 0 aliphatic carbocycles. The van der Waals surface area contributed by atoms with Crippen molar-refractivity contribution in [2.24, 2.45) is 5.92 Å². The molecule has 0 aliphatic rings. The van der Waals surface area contributed by atoms with Crippen LogP contribution in [0.2, 0.25) is 0 Å². The number of allylic oxidation sites excluding steroid dienone is 3. The molecule has 0 heteroatoms. The predicted octanol–water partition coefficient (Wildman–Crippen LogP) is 4.30. The zero-order valence-electron chi connectivity index (χ0n) is 9.03. The Bertz CT molecular complexity index is 306. The maximum Gasteiger partial charge on any atom is -0.0230 e. The van der Waals surface area contributed by atoms with E-state index in [-0.39, 0.29) is 0 Å². The summed E-state index contributed by atoms with van der Waals surface area (Å²) in [4.78, 5) is 0. The molecule has 0 bridgehead atoms. The van der Waals surface area contributed by atoms with Gasteiger partial charge < -0.3 is 0 Å². The molecule has 14 heavy (non-hydrogen) atoms. The molecule has 0 saturated heterocycles. The summed E-state index contributed by atoms with van der Waals surface area (Å²) in [5.41, 5.74) is 2.66. The lowest BCUT2D eigenvalue weighted by Crippen LogP contribution is -1.86. The van der Waals surface area contributed by atoms with Crippen molar-refractivity contribution >= 4 is 5.57 Å². The van der Waals surface area contributed by atoms with E-state index in [2.05, 4.69) is 50.8 Å². The molecule has 0 radical (unpaired) electrons. The first-order chi connectivity index (χ1) is 6.74.